The quantitative estimate of drug-likeness (QED) is 0.115. The van der Waals surface area contributed by atoms with Crippen LogP contribution in [0.15, 0.2) is 152 Å². The van der Waals surface area contributed by atoms with E-state index in [1.165, 1.54) is 128 Å². The lowest BCUT2D eigenvalue weighted by Gasteiger charge is -2.22. The molecule has 4 nitrogen and oxygen atoms in total. The van der Waals surface area contributed by atoms with Crippen molar-refractivity contribution in [3.05, 3.63) is 191 Å². The minimum Gasteiger partial charge on any atom is -0.232 e. The van der Waals surface area contributed by atoms with Crippen LogP contribution in [-0.2, 0) is 13.6 Å². The third-order valence-corrected chi connectivity index (χ3v) is 15.1. The Balaban J connectivity index is 0.000000190. The molecule has 10 rings (SSSR count). The van der Waals surface area contributed by atoms with Crippen LogP contribution in [0.25, 0.3) is 56.5 Å². The number of aromatic nitrogens is 4. The molecule has 1 fully saturated rings. The van der Waals surface area contributed by atoms with Gasteiger partial charge >= 0.3 is 0 Å². The number of para-hydroxylation sites is 1. The molecule has 6 aromatic carbocycles. The van der Waals surface area contributed by atoms with Crippen molar-refractivity contribution >= 4 is 0 Å². The third kappa shape index (κ3) is 9.44. The minimum absolute atomic E-state index is 0.388. The van der Waals surface area contributed by atoms with Crippen LogP contribution in [0.3, 0.4) is 0 Å². The second-order valence-electron chi connectivity index (χ2n) is 21.5. The van der Waals surface area contributed by atoms with Crippen molar-refractivity contribution in [2.45, 2.75) is 143 Å². The Morgan fingerprint density at radius 3 is 1.65 bits per heavy atom. The molecule has 0 amide bonds. The molecule has 8 aromatic rings. The molecule has 2 aliphatic rings. The van der Waals surface area contributed by atoms with Crippen molar-refractivity contribution in [3.8, 4) is 56.5 Å². The van der Waals surface area contributed by atoms with Gasteiger partial charge in [0.1, 0.15) is 36.5 Å². The van der Waals surface area contributed by atoms with E-state index in [0.717, 1.165) is 12.5 Å². The molecular weight excluding hydrogens is 837 g/mol. The zero-order valence-electron chi connectivity index (χ0n) is 43.4. The highest BCUT2D eigenvalue weighted by Gasteiger charge is 2.37. The molecule has 0 unspecified atom stereocenters. The van der Waals surface area contributed by atoms with E-state index in [1.54, 1.807) is 0 Å². The Hall–Kier alpha value is -6.26. The van der Waals surface area contributed by atoms with Gasteiger partial charge in [0, 0.05) is 33.4 Å². The topological polar surface area (TPSA) is 17.6 Å². The van der Waals surface area contributed by atoms with Gasteiger partial charge < -0.3 is 0 Å². The van der Waals surface area contributed by atoms with E-state index in [9.17, 15) is 0 Å². The van der Waals surface area contributed by atoms with Gasteiger partial charge in [0.2, 0.25) is 0 Å². The normalized spacial score (nSPS) is 13.7. The fourth-order valence-electron chi connectivity index (χ4n) is 11.3. The van der Waals surface area contributed by atoms with E-state index in [-0.39, 0.29) is 0 Å². The Morgan fingerprint density at radius 1 is 0.493 bits per heavy atom. The number of rotatable bonds is 11. The maximum Gasteiger partial charge on any atom is 0.295 e. The lowest BCUT2D eigenvalue weighted by atomic mass is 9.83. The SMILES string of the molecule is CC(C)c1cc(-c2ccc(C3CCCCC3)cc2)cc(C(C)C)c1-[n+]1cc(-c2ccccc2)n2c1-c1ccccc1C2.CC(C)c1ccccc1-c1n(-c2c(C(C)C)cccc2C(C)C)cc[n+]1C. The van der Waals surface area contributed by atoms with Crippen LogP contribution in [0.1, 0.15) is 176 Å². The molecule has 0 radical (unpaired) electrons. The molecule has 0 N–H and O–H groups in total. The Bertz CT molecular complexity index is 2980. The second-order valence-corrected chi connectivity index (χ2v) is 21.5. The van der Waals surface area contributed by atoms with Crippen LogP contribution in [-0.4, -0.2) is 9.13 Å². The molecule has 0 spiro atoms. The smallest absolute Gasteiger partial charge is 0.232 e. The average molecular weight is 913 g/mol. The highest BCUT2D eigenvalue weighted by molar-refractivity contribution is 5.73. The first-order valence-corrected chi connectivity index (χ1v) is 26.2. The highest BCUT2D eigenvalue weighted by atomic mass is 15.2. The van der Waals surface area contributed by atoms with Gasteiger partial charge in [-0.2, -0.15) is 9.13 Å². The predicted molar refractivity (Wildman–Crippen MR) is 290 cm³/mol. The Labute approximate surface area is 414 Å². The molecule has 3 heterocycles. The van der Waals surface area contributed by atoms with Crippen molar-refractivity contribution < 1.29 is 9.13 Å². The molecule has 2 aromatic heterocycles. The van der Waals surface area contributed by atoms with Gasteiger partial charge in [-0.3, -0.25) is 0 Å². The number of hydrogen-bond donors (Lipinski definition) is 0. The lowest BCUT2D eigenvalue weighted by Crippen LogP contribution is -2.34. The second kappa shape index (κ2) is 20.4. The molecule has 1 aliphatic heterocycles. The summed E-state index contributed by atoms with van der Waals surface area (Å²) in [6, 6.07) is 49.9. The summed E-state index contributed by atoms with van der Waals surface area (Å²) in [5, 5.41) is 0. The first-order chi connectivity index (χ1) is 33.3. The van der Waals surface area contributed by atoms with Gasteiger partial charge in [-0.25, -0.2) is 9.13 Å². The lowest BCUT2D eigenvalue weighted by molar-refractivity contribution is -0.659. The molecule has 4 heteroatoms. The number of imidazole rings is 2. The highest BCUT2D eigenvalue weighted by Crippen LogP contribution is 2.41. The molecule has 0 bridgehead atoms. The van der Waals surface area contributed by atoms with Crippen LogP contribution in [0.4, 0.5) is 0 Å². The zero-order chi connectivity index (χ0) is 48.5. The molecule has 1 aliphatic carbocycles. The van der Waals surface area contributed by atoms with Gasteiger partial charge in [-0.05, 0) is 94.9 Å². The van der Waals surface area contributed by atoms with Crippen molar-refractivity contribution in [1.29, 1.82) is 0 Å². The standard InChI is InChI=1S/C40H43N2.C25H33N2/c1-27(2)36-23-34(31-21-19-30(20-22-31)29-13-7-5-8-14-29)24-37(28(3)4)39(36)42-26-38(32-15-9-6-10-16-32)41-25-33-17-11-12-18-35(33)40(41)42;1-17(2)20-11-8-9-12-23(20)25-26(7)15-16-27(25)24-21(18(3)4)13-10-14-22(24)19(5)6/h6,9-12,15-24,26-29H,5,7-8,13-14,25H2,1-4H3;8-19H,1-7H3/q2*+1. The van der Waals surface area contributed by atoms with E-state index in [4.69, 9.17) is 0 Å². The van der Waals surface area contributed by atoms with Crippen LogP contribution < -0.4 is 9.13 Å². The van der Waals surface area contributed by atoms with E-state index in [0.29, 0.717) is 29.6 Å². The Morgan fingerprint density at radius 2 is 1.04 bits per heavy atom. The van der Waals surface area contributed by atoms with Crippen LogP contribution in [0.2, 0.25) is 0 Å². The summed E-state index contributed by atoms with van der Waals surface area (Å²) < 4.78 is 9.70. The van der Waals surface area contributed by atoms with E-state index in [1.807, 2.05) is 0 Å². The summed E-state index contributed by atoms with van der Waals surface area (Å²) in [4.78, 5) is 0. The zero-order valence-corrected chi connectivity index (χ0v) is 43.4. The molecule has 69 heavy (non-hydrogen) atoms. The predicted octanol–water partition coefficient (Wildman–Crippen LogP) is 16.8. The number of nitrogens with zero attached hydrogens (tertiary/aromatic N) is 4. The summed E-state index contributed by atoms with van der Waals surface area (Å²) in [7, 11) is 2.15. The summed E-state index contributed by atoms with van der Waals surface area (Å²) >= 11 is 0. The molecule has 354 valence electrons. The van der Waals surface area contributed by atoms with Gasteiger partial charge in [0.05, 0.1) is 18.2 Å². The summed E-state index contributed by atoms with van der Waals surface area (Å²) in [5.74, 6) is 5.47. The molecule has 0 atom stereocenters. The average Bonchev–Trinajstić information content (AvgIpc) is 4.06. The van der Waals surface area contributed by atoms with Crippen LogP contribution >= 0.6 is 0 Å². The maximum absolute atomic E-state index is 2.52. The summed E-state index contributed by atoms with van der Waals surface area (Å²) in [6.07, 6.45) is 13.6. The van der Waals surface area contributed by atoms with Crippen molar-refractivity contribution in [3.63, 3.8) is 0 Å². The number of aryl methyl sites for hydroxylation is 1. The van der Waals surface area contributed by atoms with Crippen molar-refractivity contribution in [1.82, 2.24) is 9.13 Å². The van der Waals surface area contributed by atoms with E-state index < -0.39 is 0 Å². The van der Waals surface area contributed by atoms with Gasteiger partial charge in [0.15, 0.2) is 5.69 Å². The number of benzene rings is 6. The third-order valence-electron chi connectivity index (χ3n) is 15.1. The number of hydrogen-bond acceptors (Lipinski definition) is 0. The summed E-state index contributed by atoms with van der Waals surface area (Å²) in [6.45, 7) is 24.0. The van der Waals surface area contributed by atoms with E-state index >= 15 is 0 Å². The van der Waals surface area contributed by atoms with Gasteiger partial charge in [-0.1, -0.05) is 198 Å². The Kier molecular flexibility index (Phi) is 14.1. The van der Waals surface area contributed by atoms with Crippen molar-refractivity contribution in [2.75, 3.05) is 0 Å². The number of fused-ring (bicyclic) bond motifs is 3. The van der Waals surface area contributed by atoms with Crippen LogP contribution in [0, 0.1) is 0 Å². The fraction of sp³-hybridized carbons (Fsp3) is 0.354. The largest absolute Gasteiger partial charge is 0.295 e. The molecular formula is C65H76N4+2. The summed E-state index contributed by atoms with van der Waals surface area (Å²) in [5.41, 5.74) is 20.5. The first kappa shape index (κ1) is 47.8. The minimum atomic E-state index is 0.388. The van der Waals surface area contributed by atoms with E-state index in [2.05, 4.69) is 247 Å². The molecule has 0 saturated heterocycles. The van der Waals surface area contributed by atoms with Gasteiger partial charge in [0.25, 0.3) is 11.6 Å². The fourth-order valence-corrected chi connectivity index (χ4v) is 11.3. The molecule has 1 saturated carbocycles. The van der Waals surface area contributed by atoms with Crippen LogP contribution in [0.5, 0.6) is 0 Å². The first-order valence-electron chi connectivity index (χ1n) is 26.2. The van der Waals surface area contributed by atoms with Crippen molar-refractivity contribution in [2.24, 2.45) is 7.05 Å². The van der Waals surface area contributed by atoms with Gasteiger partial charge in [-0.15, -0.1) is 0 Å². The monoisotopic (exact) mass is 913 g/mol. The maximum atomic E-state index is 2.52.